The average molecular weight is 342 g/mol. The molecular formula is C20H14N4S. The maximum absolute atomic E-state index is 4.93. The molecule has 25 heavy (non-hydrogen) atoms. The number of aromatic nitrogens is 4. The number of fused-ring (bicyclic) bond motifs is 3. The summed E-state index contributed by atoms with van der Waals surface area (Å²) in [6, 6.07) is 20.6. The molecule has 4 nitrogen and oxygen atoms in total. The Bertz CT molecular complexity index is 1200. The van der Waals surface area contributed by atoms with Gasteiger partial charge in [-0.05, 0) is 23.9 Å². The Balaban J connectivity index is 1.91. The van der Waals surface area contributed by atoms with Crippen LogP contribution in [0.1, 0.15) is 5.56 Å². The van der Waals surface area contributed by atoms with Crippen molar-refractivity contribution in [1.82, 2.24) is 19.8 Å². The largest absolute Gasteiger partial charge is 0.195 e. The van der Waals surface area contributed by atoms with Crippen LogP contribution in [-0.2, 0) is 0 Å². The van der Waals surface area contributed by atoms with Gasteiger partial charge in [-0.3, -0.25) is 0 Å². The highest BCUT2D eigenvalue weighted by atomic mass is 32.1. The van der Waals surface area contributed by atoms with Gasteiger partial charge in [0.15, 0.2) is 11.5 Å². The Labute approximate surface area is 148 Å². The molecule has 0 N–H and O–H groups in total. The van der Waals surface area contributed by atoms with Crippen molar-refractivity contribution >= 4 is 27.8 Å². The Morgan fingerprint density at radius 3 is 2.36 bits per heavy atom. The van der Waals surface area contributed by atoms with Crippen LogP contribution < -0.4 is 0 Å². The van der Waals surface area contributed by atoms with Crippen molar-refractivity contribution < 1.29 is 0 Å². The standard InChI is InChI=1S/C20H14N4S/c1-13-11-12-25-18(13)20-22-21-19-16-10-6-5-9-15(16)17(23-24(19)20)14-7-3-2-4-8-14/h2-12H,1H3. The molecule has 0 spiro atoms. The molecule has 120 valence electrons. The summed E-state index contributed by atoms with van der Waals surface area (Å²) in [5.74, 6) is 0.797. The van der Waals surface area contributed by atoms with Crippen LogP contribution in [0, 0.1) is 6.92 Å². The molecule has 0 aliphatic carbocycles. The van der Waals surface area contributed by atoms with E-state index in [-0.39, 0.29) is 0 Å². The van der Waals surface area contributed by atoms with Gasteiger partial charge in [0.25, 0.3) is 0 Å². The number of hydrogen-bond donors (Lipinski definition) is 0. The Morgan fingerprint density at radius 2 is 1.60 bits per heavy atom. The highest BCUT2D eigenvalue weighted by Crippen LogP contribution is 2.32. The fraction of sp³-hybridized carbons (Fsp3) is 0.0500. The number of nitrogens with zero attached hydrogens (tertiary/aromatic N) is 4. The summed E-state index contributed by atoms with van der Waals surface area (Å²) < 4.78 is 1.88. The zero-order valence-electron chi connectivity index (χ0n) is 13.5. The highest BCUT2D eigenvalue weighted by molar-refractivity contribution is 7.13. The van der Waals surface area contributed by atoms with Crippen LogP contribution in [0.25, 0.3) is 38.4 Å². The van der Waals surface area contributed by atoms with Crippen LogP contribution in [0.4, 0.5) is 0 Å². The number of benzene rings is 2. The zero-order valence-corrected chi connectivity index (χ0v) is 14.4. The van der Waals surface area contributed by atoms with Crippen LogP contribution in [0.5, 0.6) is 0 Å². The molecule has 0 unspecified atom stereocenters. The van der Waals surface area contributed by atoms with E-state index in [1.807, 2.05) is 34.8 Å². The Hall–Kier alpha value is -3.05. The van der Waals surface area contributed by atoms with Gasteiger partial charge in [-0.1, -0.05) is 54.6 Å². The van der Waals surface area contributed by atoms with E-state index in [1.165, 1.54) is 5.56 Å². The number of rotatable bonds is 2. The maximum Gasteiger partial charge on any atom is 0.195 e. The first-order valence-electron chi connectivity index (χ1n) is 8.07. The molecule has 0 fully saturated rings. The molecule has 3 aromatic heterocycles. The van der Waals surface area contributed by atoms with E-state index in [2.05, 4.69) is 52.8 Å². The van der Waals surface area contributed by atoms with Gasteiger partial charge >= 0.3 is 0 Å². The minimum Gasteiger partial charge on any atom is -0.191 e. The van der Waals surface area contributed by atoms with Gasteiger partial charge in [0.2, 0.25) is 0 Å². The van der Waals surface area contributed by atoms with Crippen molar-refractivity contribution in [1.29, 1.82) is 0 Å². The first-order valence-corrected chi connectivity index (χ1v) is 8.95. The summed E-state index contributed by atoms with van der Waals surface area (Å²) in [6.45, 7) is 2.09. The lowest BCUT2D eigenvalue weighted by Gasteiger charge is -2.08. The molecule has 0 amide bonds. The topological polar surface area (TPSA) is 43.1 Å². The molecule has 0 aliphatic heterocycles. The van der Waals surface area contributed by atoms with Crippen LogP contribution in [0.15, 0.2) is 66.0 Å². The first-order chi connectivity index (χ1) is 12.3. The van der Waals surface area contributed by atoms with Crippen molar-refractivity contribution in [3.05, 3.63) is 71.6 Å². The van der Waals surface area contributed by atoms with E-state index in [1.54, 1.807) is 11.3 Å². The second-order valence-corrected chi connectivity index (χ2v) is 6.87. The van der Waals surface area contributed by atoms with E-state index in [9.17, 15) is 0 Å². The van der Waals surface area contributed by atoms with Gasteiger partial charge < -0.3 is 0 Å². The molecule has 5 rings (SSSR count). The molecule has 0 bridgehead atoms. The molecule has 0 saturated carbocycles. The fourth-order valence-electron chi connectivity index (χ4n) is 3.13. The van der Waals surface area contributed by atoms with Crippen molar-refractivity contribution in [2.24, 2.45) is 0 Å². The minimum atomic E-state index is 0.790. The van der Waals surface area contributed by atoms with Gasteiger partial charge in [0, 0.05) is 16.3 Å². The molecular weight excluding hydrogens is 328 g/mol. The van der Waals surface area contributed by atoms with Gasteiger partial charge in [-0.25, -0.2) is 0 Å². The summed E-state index contributed by atoms with van der Waals surface area (Å²) >= 11 is 1.67. The van der Waals surface area contributed by atoms with Gasteiger partial charge in [-0.2, -0.15) is 9.61 Å². The van der Waals surface area contributed by atoms with Crippen molar-refractivity contribution in [2.75, 3.05) is 0 Å². The quantitative estimate of drug-likeness (QED) is 0.454. The third kappa shape index (κ3) is 2.16. The van der Waals surface area contributed by atoms with Gasteiger partial charge in [0.1, 0.15) is 0 Å². The highest BCUT2D eigenvalue weighted by Gasteiger charge is 2.17. The van der Waals surface area contributed by atoms with E-state index >= 15 is 0 Å². The van der Waals surface area contributed by atoms with E-state index in [4.69, 9.17) is 5.10 Å². The molecule has 0 radical (unpaired) electrons. The minimum absolute atomic E-state index is 0.790. The lowest BCUT2D eigenvalue weighted by atomic mass is 10.1. The third-order valence-electron chi connectivity index (χ3n) is 4.38. The van der Waals surface area contributed by atoms with Crippen molar-refractivity contribution in [3.8, 4) is 22.0 Å². The number of hydrogen-bond acceptors (Lipinski definition) is 4. The lowest BCUT2D eigenvalue weighted by molar-refractivity contribution is 0.953. The molecule has 0 saturated heterocycles. The van der Waals surface area contributed by atoms with Crippen molar-refractivity contribution in [2.45, 2.75) is 6.92 Å². The molecule has 5 aromatic rings. The summed E-state index contributed by atoms with van der Waals surface area (Å²) in [7, 11) is 0. The van der Waals surface area contributed by atoms with E-state index in [0.717, 1.165) is 38.4 Å². The first kappa shape index (κ1) is 14.3. The molecule has 0 aliphatic rings. The predicted molar refractivity (Wildman–Crippen MR) is 102 cm³/mol. The zero-order chi connectivity index (χ0) is 16.8. The van der Waals surface area contributed by atoms with Crippen molar-refractivity contribution in [3.63, 3.8) is 0 Å². The predicted octanol–water partition coefficient (Wildman–Crippen LogP) is 4.98. The van der Waals surface area contributed by atoms with E-state index < -0.39 is 0 Å². The SMILES string of the molecule is Cc1ccsc1-c1nnc2c3ccccc3c(-c3ccccc3)nn12. The number of thiophene rings is 1. The second-order valence-electron chi connectivity index (χ2n) is 5.95. The molecule has 5 heteroatoms. The normalized spacial score (nSPS) is 11.4. The van der Waals surface area contributed by atoms with Gasteiger partial charge in [0.05, 0.1) is 10.6 Å². The number of aryl methyl sites for hydroxylation is 1. The smallest absolute Gasteiger partial charge is 0.191 e. The van der Waals surface area contributed by atoms with Crippen LogP contribution in [0.2, 0.25) is 0 Å². The monoisotopic (exact) mass is 342 g/mol. The summed E-state index contributed by atoms with van der Waals surface area (Å²) in [6.07, 6.45) is 0. The van der Waals surface area contributed by atoms with Crippen LogP contribution in [0.3, 0.4) is 0 Å². The third-order valence-corrected chi connectivity index (χ3v) is 5.39. The summed E-state index contributed by atoms with van der Waals surface area (Å²) in [5.41, 5.74) is 4.01. The average Bonchev–Trinajstić information content (AvgIpc) is 3.27. The Kier molecular flexibility index (Phi) is 3.15. The van der Waals surface area contributed by atoms with Crippen LogP contribution >= 0.6 is 11.3 Å². The van der Waals surface area contributed by atoms with Gasteiger partial charge in [-0.15, -0.1) is 21.5 Å². The molecule has 3 heterocycles. The van der Waals surface area contributed by atoms with E-state index in [0.29, 0.717) is 0 Å². The fourth-order valence-corrected chi connectivity index (χ4v) is 4.03. The maximum atomic E-state index is 4.93. The molecule has 0 atom stereocenters. The lowest BCUT2D eigenvalue weighted by Crippen LogP contribution is -1.99. The summed E-state index contributed by atoms with van der Waals surface area (Å²) in [4.78, 5) is 1.11. The summed E-state index contributed by atoms with van der Waals surface area (Å²) in [5, 5.41) is 18.0. The second kappa shape index (κ2) is 5.50. The van der Waals surface area contributed by atoms with Crippen LogP contribution in [-0.4, -0.2) is 19.8 Å². The Morgan fingerprint density at radius 1 is 0.840 bits per heavy atom. The molecule has 2 aromatic carbocycles.